The van der Waals surface area contributed by atoms with Crippen LogP contribution in [0.2, 0.25) is 0 Å². The van der Waals surface area contributed by atoms with Crippen LogP contribution >= 0.6 is 11.3 Å². The van der Waals surface area contributed by atoms with E-state index in [1.807, 2.05) is 5.38 Å². The number of thiazole rings is 1. The lowest BCUT2D eigenvalue weighted by molar-refractivity contribution is -0.136. The highest BCUT2D eigenvalue weighted by Crippen LogP contribution is 2.27. The van der Waals surface area contributed by atoms with Crippen LogP contribution in [0.1, 0.15) is 23.0 Å². The van der Waals surface area contributed by atoms with E-state index in [0.29, 0.717) is 10.9 Å². The second-order valence-corrected chi connectivity index (χ2v) is 4.93. The number of nitrogens with zero attached hydrogens (tertiary/aromatic N) is 2. The molecule has 15 heavy (non-hydrogen) atoms. The van der Waals surface area contributed by atoms with Crippen molar-refractivity contribution in [2.24, 2.45) is 0 Å². The van der Waals surface area contributed by atoms with Gasteiger partial charge in [-0.05, 0) is 20.0 Å². The first-order valence-corrected chi connectivity index (χ1v) is 5.88. The van der Waals surface area contributed by atoms with E-state index in [-0.39, 0.29) is 6.42 Å². The molecule has 1 aliphatic heterocycles. The van der Waals surface area contributed by atoms with Gasteiger partial charge in [-0.25, -0.2) is 4.98 Å². The van der Waals surface area contributed by atoms with Crippen LogP contribution in [-0.2, 0) is 11.2 Å². The van der Waals surface area contributed by atoms with Gasteiger partial charge in [-0.15, -0.1) is 11.3 Å². The van der Waals surface area contributed by atoms with Gasteiger partial charge < -0.3 is 10.0 Å². The molecule has 2 rings (SSSR count). The highest BCUT2D eigenvalue weighted by Gasteiger charge is 2.23. The summed E-state index contributed by atoms with van der Waals surface area (Å²) in [7, 11) is 2.10. The lowest BCUT2D eigenvalue weighted by Crippen LogP contribution is -2.13. The Bertz CT molecular complexity index is 364. The van der Waals surface area contributed by atoms with Crippen LogP contribution in [-0.4, -0.2) is 41.1 Å². The molecule has 1 saturated heterocycles. The maximum Gasteiger partial charge on any atom is 0.310 e. The molecule has 1 unspecified atom stereocenters. The normalized spacial score (nSPS) is 22.1. The Morgan fingerprint density at radius 2 is 2.60 bits per heavy atom. The lowest BCUT2D eigenvalue weighted by atomic mass is 10.1. The third-order valence-corrected chi connectivity index (χ3v) is 3.55. The number of hydrogen-bond donors (Lipinski definition) is 1. The van der Waals surface area contributed by atoms with Gasteiger partial charge in [-0.2, -0.15) is 0 Å². The summed E-state index contributed by atoms with van der Waals surface area (Å²) in [6.07, 6.45) is 1.18. The minimum absolute atomic E-state index is 0.0488. The summed E-state index contributed by atoms with van der Waals surface area (Å²) in [6, 6.07) is 0. The first-order chi connectivity index (χ1) is 7.15. The highest BCUT2D eigenvalue weighted by molar-refractivity contribution is 7.09. The van der Waals surface area contributed by atoms with Crippen LogP contribution < -0.4 is 0 Å². The van der Waals surface area contributed by atoms with E-state index in [2.05, 4.69) is 16.9 Å². The second kappa shape index (κ2) is 4.28. The maximum atomic E-state index is 10.5. The molecule has 1 N–H and O–H groups in total. The highest BCUT2D eigenvalue weighted by atomic mass is 32.1. The first-order valence-electron chi connectivity index (χ1n) is 5.00. The van der Waals surface area contributed by atoms with Crippen molar-refractivity contribution >= 4 is 17.3 Å². The van der Waals surface area contributed by atoms with Gasteiger partial charge in [-0.3, -0.25) is 4.79 Å². The molecule has 0 aliphatic carbocycles. The van der Waals surface area contributed by atoms with Crippen molar-refractivity contribution in [2.75, 3.05) is 20.1 Å². The fourth-order valence-electron chi connectivity index (χ4n) is 1.90. The summed E-state index contributed by atoms with van der Waals surface area (Å²) in [5.41, 5.74) is 1.07. The monoisotopic (exact) mass is 226 g/mol. The molecule has 2 heterocycles. The first kappa shape index (κ1) is 10.6. The molecule has 0 amide bonds. The predicted molar refractivity (Wildman–Crippen MR) is 58.3 cm³/mol. The summed E-state index contributed by atoms with van der Waals surface area (Å²) < 4.78 is 0. The van der Waals surface area contributed by atoms with Crippen LogP contribution in [0.4, 0.5) is 0 Å². The average molecular weight is 226 g/mol. The fourth-order valence-corrected chi connectivity index (χ4v) is 2.77. The quantitative estimate of drug-likeness (QED) is 0.841. The SMILES string of the molecule is CN1CCC(c2csc(CC(=O)O)n2)C1. The zero-order valence-electron chi connectivity index (χ0n) is 8.64. The van der Waals surface area contributed by atoms with Crippen molar-refractivity contribution in [3.05, 3.63) is 16.1 Å². The van der Waals surface area contributed by atoms with Gasteiger partial charge in [0.1, 0.15) is 5.01 Å². The number of hydrogen-bond acceptors (Lipinski definition) is 4. The van der Waals surface area contributed by atoms with E-state index in [4.69, 9.17) is 5.11 Å². The molecule has 1 aromatic heterocycles. The molecule has 82 valence electrons. The molecule has 0 bridgehead atoms. The molecule has 0 saturated carbocycles. The van der Waals surface area contributed by atoms with Crippen molar-refractivity contribution in [1.29, 1.82) is 0 Å². The Morgan fingerprint density at radius 1 is 1.80 bits per heavy atom. The number of likely N-dealkylation sites (N-methyl/N-ethyl adjacent to an activating group) is 1. The number of aliphatic carboxylic acids is 1. The zero-order valence-corrected chi connectivity index (χ0v) is 9.46. The standard InChI is InChI=1S/C10H14N2O2S/c1-12-3-2-7(5-12)8-6-15-9(11-8)4-10(13)14/h6-7H,2-5H2,1H3,(H,13,14). The van der Waals surface area contributed by atoms with Crippen LogP contribution in [0.5, 0.6) is 0 Å². The minimum atomic E-state index is -0.806. The summed E-state index contributed by atoms with van der Waals surface area (Å²) >= 11 is 1.46. The van der Waals surface area contributed by atoms with Crippen LogP contribution in [0, 0.1) is 0 Å². The van der Waals surface area contributed by atoms with Gasteiger partial charge in [0.25, 0.3) is 0 Å². The average Bonchev–Trinajstić information content (AvgIpc) is 2.72. The van der Waals surface area contributed by atoms with Gasteiger partial charge in [0.2, 0.25) is 0 Å². The lowest BCUT2D eigenvalue weighted by Gasteiger charge is -2.06. The van der Waals surface area contributed by atoms with Crippen molar-refractivity contribution in [3.8, 4) is 0 Å². The van der Waals surface area contributed by atoms with E-state index in [1.54, 1.807) is 0 Å². The third kappa shape index (κ3) is 2.54. The van der Waals surface area contributed by atoms with Gasteiger partial charge >= 0.3 is 5.97 Å². The van der Waals surface area contributed by atoms with Crippen molar-refractivity contribution < 1.29 is 9.90 Å². The van der Waals surface area contributed by atoms with E-state index in [9.17, 15) is 4.79 Å². The molecule has 5 heteroatoms. The van der Waals surface area contributed by atoms with E-state index >= 15 is 0 Å². The molecule has 0 spiro atoms. The topological polar surface area (TPSA) is 53.4 Å². The summed E-state index contributed by atoms with van der Waals surface area (Å²) in [5, 5.41) is 11.4. The van der Waals surface area contributed by atoms with E-state index < -0.39 is 5.97 Å². The molecule has 1 aromatic rings. The number of carboxylic acid groups (broad SMARTS) is 1. The number of aromatic nitrogens is 1. The van der Waals surface area contributed by atoms with Crippen LogP contribution in [0.3, 0.4) is 0 Å². The Labute approximate surface area is 92.6 Å². The van der Waals surface area contributed by atoms with Gasteiger partial charge in [0.05, 0.1) is 12.1 Å². The molecule has 1 aliphatic rings. The van der Waals surface area contributed by atoms with E-state index in [1.165, 1.54) is 11.3 Å². The second-order valence-electron chi connectivity index (χ2n) is 3.98. The molecule has 1 fully saturated rings. The van der Waals surface area contributed by atoms with E-state index in [0.717, 1.165) is 25.2 Å². The Kier molecular flexibility index (Phi) is 3.02. The van der Waals surface area contributed by atoms with Gasteiger partial charge in [-0.1, -0.05) is 0 Å². The van der Waals surface area contributed by atoms with Crippen molar-refractivity contribution in [3.63, 3.8) is 0 Å². The summed E-state index contributed by atoms with van der Waals surface area (Å²) in [5.74, 6) is -0.312. The zero-order chi connectivity index (χ0) is 10.8. The van der Waals surface area contributed by atoms with Crippen LogP contribution in [0.25, 0.3) is 0 Å². The number of carboxylic acids is 1. The largest absolute Gasteiger partial charge is 0.481 e. The number of rotatable bonds is 3. The Hall–Kier alpha value is -0.940. The maximum absolute atomic E-state index is 10.5. The number of likely N-dealkylation sites (tertiary alicyclic amines) is 1. The molecule has 4 nitrogen and oxygen atoms in total. The predicted octanol–water partition coefficient (Wildman–Crippen LogP) is 1.19. The smallest absolute Gasteiger partial charge is 0.310 e. The fraction of sp³-hybridized carbons (Fsp3) is 0.600. The third-order valence-electron chi connectivity index (χ3n) is 2.68. The van der Waals surface area contributed by atoms with Crippen molar-refractivity contribution in [1.82, 2.24) is 9.88 Å². The Morgan fingerprint density at radius 3 is 3.20 bits per heavy atom. The van der Waals surface area contributed by atoms with Gasteiger partial charge in [0.15, 0.2) is 0 Å². The number of carbonyl (C=O) groups is 1. The molecular formula is C10H14N2O2S. The molecule has 1 atom stereocenters. The molecular weight excluding hydrogens is 212 g/mol. The minimum Gasteiger partial charge on any atom is -0.481 e. The molecule has 0 radical (unpaired) electrons. The van der Waals surface area contributed by atoms with Crippen molar-refractivity contribution in [2.45, 2.75) is 18.8 Å². The molecule has 0 aromatic carbocycles. The Balaban J connectivity index is 2.03. The van der Waals surface area contributed by atoms with Gasteiger partial charge in [0, 0.05) is 17.8 Å². The summed E-state index contributed by atoms with van der Waals surface area (Å²) in [6.45, 7) is 2.15. The summed E-state index contributed by atoms with van der Waals surface area (Å²) in [4.78, 5) is 17.2. The van der Waals surface area contributed by atoms with Crippen LogP contribution in [0.15, 0.2) is 5.38 Å².